The summed E-state index contributed by atoms with van der Waals surface area (Å²) in [5, 5.41) is 24.9. The molecule has 2 N–H and O–H groups in total. The van der Waals surface area contributed by atoms with Gasteiger partial charge >= 0.3 is 5.97 Å². The molecule has 0 saturated carbocycles. The highest BCUT2D eigenvalue weighted by molar-refractivity contribution is 7.99. The van der Waals surface area contributed by atoms with E-state index in [1.165, 1.54) is 18.7 Å². The summed E-state index contributed by atoms with van der Waals surface area (Å²) in [7, 11) is 1.81. The minimum Gasteiger partial charge on any atom is -0.453 e. The van der Waals surface area contributed by atoms with Crippen molar-refractivity contribution < 1.29 is 28.9 Å². The Bertz CT molecular complexity index is 1610. The lowest BCUT2D eigenvalue weighted by Crippen LogP contribution is -2.38. The molecule has 11 nitrogen and oxygen atoms in total. The second kappa shape index (κ2) is 14.8. The molecule has 1 saturated heterocycles. The number of carbonyl (C=O) groups is 2. The van der Waals surface area contributed by atoms with Gasteiger partial charge in [0.15, 0.2) is 12.4 Å². The molecule has 1 aliphatic heterocycles. The number of hydrogen-bond acceptors (Lipinski definition) is 10. The first-order valence-corrected chi connectivity index (χ1v) is 15.7. The summed E-state index contributed by atoms with van der Waals surface area (Å²) in [4.78, 5) is 23.5. The second-order valence-corrected chi connectivity index (χ2v) is 12.0. The number of nitrogens with one attached hydrogen (secondary N) is 1. The lowest BCUT2D eigenvalue weighted by molar-refractivity contribution is -0.268. The van der Waals surface area contributed by atoms with Crippen molar-refractivity contribution in [3.63, 3.8) is 0 Å². The smallest absolute Gasteiger partial charge is 0.303 e. The molecule has 5 atom stereocenters. The zero-order chi connectivity index (χ0) is 31.9. The summed E-state index contributed by atoms with van der Waals surface area (Å²) in [6.45, 7) is 5.21. The van der Waals surface area contributed by atoms with Crippen LogP contribution in [0.2, 0.25) is 0 Å². The molecule has 12 heteroatoms. The van der Waals surface area contributed by atoms with Crippen LogP contribution in [0.1, 0.15) is 55.4 Å². The quantitative estimate of drug-likeness (QED) is 0.180. The average molecular weight is 632 g/mol. The molecule has 2 heterocycles. The van der Waals surface area contributed by atoms with Gasteiger partial charge in [0, 0.05) is 37.8 Å². The maximum Gasteiger partial charge on any atom is 0.303 e. The largest absolute Gasteiger partial charge is 0.453 e. The van der Waals surface area contributed by atoms with Gasteiger partial charge < -0.3 is 24.6 Å². The van der Waals surface area contributed by atoms with Crippen molar-refractivity contribution in [3.05, 3.63) is 95.1 Å². The first kappa shape index (κ1) is 32.3. The summed E-state index contributed by atoms with van der Waals surface area (Å²) in [5.74, 6) is -0.210. The van der Waals surface area contributed by atoms with Crippen LogP contribution in [0.5, 0.6) is 0 Å². The summed E-state index contributed by atoms with van der Waals surface area (Å²) < 4.78 is 19.9. The van der Waals surface area contributed by atoms with E-state index in [0.29, 0.717) is 17.5 Å². The standard InChI is InChI=1S/C33H37N5O6S/c1-20-29(19-45-33-35-36-37-38(33)4)43-32(44-30(20)25-13-11-23(18-39)12-14-25)28-10-6-9-27(16-28)26-8-5-7-24(15-26)17-34-31(41)21(2)42-22(3)40/h5-16,20-21,29-30,32,39H,17-19H2,1-4H3,(H,34,41). The van der Waals surface area contributed by atoms with Gasteiger partial charge in [-0.3, -0.25) is 9.59 Å². The van der Waals surface area contributed by atoms with E-state index in [1.54, 1.807) is 11.6 Å². The predicted octanol–water partition coefficient (Wildman–Crippen LogP) is 4.52. The molecule has 1 amide bonds. The highest BCUT2D eigenvalue weighted by Gasteiger charge is 2.38. The van der Waals surface area contributed by atoms with Gasteiger partial charge in [0.1, 0.15) is 0 Å². The van der Waals surface area contributed by atoms with E-state index in [9.17, 15) is 14.7 Å². The number of carbonyl (C=O) groups excluding carboxylic acids is 2. The molecule has 5 rings (SSSR count). The van der Waals surface area contributed by atoms with E-state index < -0.39 is 18.4 Å². The molecule has 5 unspecified atom stereocenters. The van der Waals surface area contributed by atoms with Gasteiger partial charge in [0.25, 0.3) is 5.91 Å². The van der Waals surface area contributed by atoms with Crippen molar-refractivity contribution in [1.82, 2.24) is 25.5 Å². The van der Waals surface area contributed by atoms with Crippen molar-refractivity contribution >= 4 is 23.6 Å². The van der Waals surface area contributed by atoms with Crippen molar-refractivity contribution in [2.24, 2.45) is 13.0 Å². The number of nitrogens with zero attached hydrogens (tertiary/aromatic N) is 4. The van der Waals surface area contributed by atoms with Crippen molar-refractivity contribution in [2.75, 3.05) is 5.75 Å². The zero-order valence-corrected chi connectivity index (χ0v) is 26.4. The Balaban J connectivity index is 1.36. The topological polar surface area (TPSA) is 138 Å². The molecule has 0 bridgehead atoms. The molecule has 1 fully saturated rings. The van der Waals surface area contributed by atoms with Crippen LogP contribution < -0.4 is 5.32 Å². The number of aliphatic hydroxyl groups excluding tert-OH is 1. The lowest BCUT2D eigenvalue weighted by atomic mass is 9.91. The van der Waals surface area contributed by atoms with E-state index in [-0.39, 0.29) is 30.6 Å². The molecule has 1 aromatic heterocycles. The molecule has 0 spiro atoms. The molecular formula is C33H37N5O6S. The minimum atomic E-state index is -0.865. The van der Waals surface area contributed by atoms with Crippen LogP contribution in [0.15, 0.2) is 78.0 Å². The number of hydrogen-bond donors (Lipinski definition) is 2. The van der Waals surface area contributed by atoms with Gasteiger partial charge in [-0.15, -0.1) is 5.10 Å². The number of rotatable bonds is 11. The summed E-state index contributed by atoms with van der Waals surface area (Å²) in [6.07, 6.45) is -1.91. The normalized spacial score (nSPS) is 20.4. The van der Waals surface area contributed by atoms with E-state index in [1.807, 2.05) is 73.8 Å². The number of thioether (sulfide) groups is 1. The Morgan fingerprint density at radius 1 is 1.02 bits per heavy atom. The van der Waals surface area contributed by atoms with Crippen LogP contribution in [0, 0.1) is 5.92 Å². The molecular weight excluding hydrogens is 594 g/mol. The van der Waals surface area contributed by atoms with Gasteiger partial charge in [-0.1, -0.05) is 79.3 Å². The summed E-state index contributed by atoms with van der Waals surface area (Å²) in [6, 6.07) is 23.8. The van der Waals surface area contributed by atoms with Gasteiger partial charge in [0.2, 0.25) is 5.16 Å². The number of ether oxygens (including phenoxy) is 3. The maximum atomic E-state index is 12.3. The van der Waals surface area contributed by atoms with Gasteiger partial charge in [-0.05, 0) is 57.3 Å². The molecule has 45 heavy (non-hydrogen) atoms. The van der Waals surface area contributed by atoms with E-state index in [0.717, 1.165) is 33.4 Å². The van der Waals surface area contributed by atoms with Crippen LogP contribution in [0.25, 0.3) is 11.1 Å². The van der Waals surface area contributed by atoms with E-state index >= 15 is 0 Å². The Kier molecular flexibility index (Phi) is 10.6. The van der Waals surface area contributed by atoms with Crippen LogP contribution in [-0.2, 0) is 44.0 Å². The van der Waals surface area contributed by atoms with Gasteiger partial charge in [-0.25, -0.2) is 4.68 Å². The molecule has 0 aliphatic carbocycles. The number of esters is 1. The third kappa shape index (κ3) is 8.14. The number of benzene rings is 3. The van der Waals surface area contributed by atoms with E-state index in [4.69, 9.17) is 14.2 Å². The van der Waals surface area contributed by atoms with Crippen LogP contribution in [-0.4, -0.2) is 55.2 Å². The van der Waals surface area contributed by atoms with Crippen molar-refractivity contribution in [3.8, 4) is 11.1 Å². The Labute approximate surface area is 266 Å². The van der Waals surface area contributed by atoms with Crippen molar-refractivity contribution in [2.45, 2.75) is 63.7 Å². The zero-order valence-electron chi connectivity index (χ0n) is 25.6. The van der Waals surface area contributed by atoms with Crippen LogP contribution in [0.4, 0.5) is 0 Å². The molecule has 236 valence electrons. The first-order chi connectivity index (χ1) is 21.7. The monoisotopic (exact) mass is 631 g/mol. The number of aryl methyl sites for hydroxylation is 1. The fourth-order valence-corrected chi connectivity index (χ4v) is 6.18. The number of aliphatic hydroxyl groups is 1. The highest BCUT2D eigenvalue weighted by Crippen LogP contribution is 2.43. The molecule has 4 aromatic rings. The number of aromatic nitrogens is 4. The summed E-state index contributed by atoms with van der Waals surface area (Å²) >= 11 is 1.54. The molecule has 3 aromatic carbocycles. The fraction of sp³-hybridized carbons (Fsp3) is 0.364. The summed E-state index contributed by atoms with van der Waals surface area (Å²) in [5.41, 5.74) is 5.57. The van der Waals surface area contributed by atoms with Crippen LogP contribution in [0.3, 0.4) is 0 Å². The number of tetrazole rings is 1. The van der Waals surface area contributed by atoms with Gasteiger partial charge in [-0.2, -0.15) is 0 Å². The Morgan fingerprint density at radius 2 is 1.76 bits per heavy atom. The molecule has 0 radical (unpaired) electrons. The number of amides is 1. The van der Waals surface area contributed by atoms with Gasteiger partial charge in [0.05, 0.1) is 18.8 Å². The molecule has 1 aliphatic rings. The van der Waals surface area contributed by atoms with Crippen molar-refractivity contribution in [1.29, 1.82) is 0 Å². The predicted molar refractivity (Wildman–Crippen MR) is 167 cm³/mol. The van der Waals surface area contributed by atoms with Crippen LogP contribution >= 0.6 is 11.8 Å². The fourth-order valence-electron chi connectivity index (χ4n) is 5.17. The maximum absolute atomic E-state index is 12.3. The minimum absolute atomic E-state index is 0.0218. The Morgan fingerprint density at radius 3 is 2.44 bits per heavy atom. The third-order valence-electron chi connectivity index (χ3n) is 7.68. The second-order valence-electron chi connectivity index (χ2n) is 11.0. The lowest BCUT2D eigenvalue weighted by Gasteiger charge is -2.41. The highest BCUT2D eigenvalue weighted by atomic mass is 32.2. The average Bonchev–Trinajstić information content (AvgIpc) is 3.47. The SMILES string of the molecule is CC(=O)OC(C)C(=O)NCc1cccc(-c2cccc(C3OC(CSc4nnnn4C)C(C)C(c4ccc(CO)cc4)O3)c2)c1. The third-order valence-corrected chi connectivity index (χ3v) is 8.78. The Hall–Kier alpha value is -4.10. The first-order valence-electron chi connectivity index (χ1n) is 14.7. The van der Waals surface area contributed by atoms with E-state index in [2.05, 4.69) is 33.8 Å².